The molecule has 2 heterocycles. The molecule has 1 N–H and O–H groups in total. The van der Waals surface area contributed by atoms with Gasteiger partial charge in [-0.1, -0.05) is 0 Å². The van der Waals surface area contributed by atoms with E-state index < -0.39 is 24.4 Å². The Labute approximate surface area is 141 Å². The molecule has 25 heavy (non-hydrogen) atoms. The summed E-state index contributed by atoms with van der Waals surface area (Å²) < 4.78 is 64.4. The molecular formula is C17H18F5N3. The third-order valence-corrected chi connectivity index (χ3v) is 4.45. The third kappa shape index (κ3) is 4.56. The number of pyridine rings is 1. The van der Waals surface area contributed by atoms with Crippen LogP contribution in [0.15, 0.2) is 24.4 Å². The number of rotatable bonds is 4. The van der Waals surface area contributed by atoms with Crippen LogP contribution in [0.5, 0.6) is 0 Å². The van der Waals surface area contributed by atoms with Crippen LogP contribution in [-0.4, -0.2) is 42.2 Å². The second-order valence-electron chi connectivity index (χ2n) is 6.36. The number of fused-ring (bicyclic) bond motifs is 1. The molecule has 8 heteroatoms. The summed E-state index contributed by atoms with van der Waals surface area (Å²) in [5, 5.41) is 3.52. The summed E-state index contributed by atoms with van der Waals surface area (Å²) in [6, 6.07) is 3.65. The normalized spacial score (nSPS) is 17.2. The van der Waals surface area contributed by atoms with Gasteiger partial charge >= 0.3 is 6.18 Å². The summed E-state index contributed by atoms with van der Waals surface area (Å²) in [6.07, 6.45) is -1.43. The quantitative estimate of drug-likeness (QED) is 0.830. The van der Waals surface area contributed by atoms with Crippen LogP contribution in [0.1, 0.15) is 12.8 Å². The number of likely N-dealkylation sites (tertiary alicyclic amines) is 1. The zero-order chi connectivity index (χ0) is 18.0. The van der Waals surface area contributed by atoms with Gasteiger partial charge in [-0.15, -0.1) is 0 Å². The maximum Gasteiger partial charge on any atom is 0.401 e. The molecule has 0 atom stereocenters. The number of nitrogens with one attached hydrogen (secondary N) is 1. The number of piperidine rings is 1. The first-order chi connectivity index (χ1) is 11.8. The Kier molecular flexibility index (Phi) is 5.08. The number of anilines is 1. The van der Waals surface area contributed by atoms with Gasteiger partial charge in [0.2, 0.25) is 0 Å². The predicted octanol–water partition coefficient (Wildman–Crippen LogP) is 4.20. The van der Waals surface area contributed by atoms with E-state index in [9.17, 15) is 22.0 Å². The number of benzene rings is 1. The number of halogens is 5. The lowest BCUT2D eigenvalue weighted by Crippen LogP contribution is -2.41. The number of hydrogen-bond donors (Lipinski definition) is 1. The van der Waals surface area contributed by atoms with Crippen LogP contribution in [-0.2, 0) is 0 Å². The first kappa shape index (κ1) is 17.8. The van der Waals surface area contributed by atoms with E-state index in [2.05, 4.69) is 10.3 Å². The molecule has 1 aromatic heterocycles. The average Bonchev–Trinajstić information content (AvgIpc) is 2.53. The molecule has 0 spiro atoms. The highest BCUT2D eigenvalue weighted by Crippen LogP contribution is 2.27. The summed E-state index contributed by atoms with van der Waals surface area (Å²) >= 11 is 0. The molecule has 0 bridgehead atoms. The van der Waals surface area contributed by atoms with E-state index in [1.807, 2.05) is 0 Å². The van der Waals surface area contributed by atoms with Crippen molar-refractivity contribution >= 4 is 16.6 Å². The van der Waals surface area contributed by atoms with Crippen molar-refractivity contribution in [3.8, 4) is 0 Å². The fraction of sp³-hybridized carbons (Fsp3) is 0.471. The molecule has 1 aliphatic rings. The maximum absolute atomic E-state index is 13.8. The van der Waals surface area contributed by atoms with Gasteiger partial charge in [-0.25, -0.2) is 8.78 Å². The first-order valence-electron chi connectivity index (χ1n) is 8.08. The van der Waals surface area contributed by atoms with Crippen molar-refractivity contribution < 1.29 is 22.0 Å². The van der Waals surface area contributed by atoms with E-state index >= 15 is 0 Å². The van der Waals surface area contributed by atoms with Crippen molar-refractivity contribution in [3.05, 3.63) is 36.0 Å². The summed E-state index contributed by atoms with van der Waals surface area (Å²) in [4.78, 5) is 5.33. The van der Waals surface area contributed by atoms with Gasteiger partial charge in [0, 0.05) is 29.9 Å². The standard InChI is InChI=1S/C17H18F5N3/c18-12-7-13-15(1-4-23-16(13)14(19)8-12)24-9-11-2-5-25(6-3-11)10-17(20,21)22/h1,4,7-8,11H,2-3,5-6,9-10H2,(H,23,24). The van der Waals surface area contributed by atoms with Crippen LogP contribution in [0.25, 0.3) is 10.9 Å². The third-order valence-electron chi connectivity index (χ3n) is 4.45. The first-order valence-corrected chi connectivity index (χ1v) is 8.08. The summed E-state index contributed by atoms with van der Waals surface area (Å²) in [5.74, 6) is -1.19. The van der Waals surface area contributed by atoms with E-state index in [-0.39, 0.29) is 11.4 Å². The van der Waals surface area contributed by atoms with Crippen molar-refractivity contribution in [1.29, 1.82) is 0 Å². The van der Waals surface area contributed by atoms with Crippen LogP contribution in [0, 0.1) is 17.6 Å². The molecule has 2 aromatic rings. The lowest BCUT2D eigenvalue weighted by molar-refractivity contribution is -0.148. The largest absolute Gasteiger partial charge is 0.401 e. The molecule has 3 nitrogen and oxygen atoms in total. The van der Waals surface area contributed by atoms with E-state index in [0.717, 1.165) is 6.07 Å². The van der Waals surface area contributed by atoms with Crippen molar-refractivity contribution in [3.63, 3.8) is 0 Å². The number of alkyl halides is 3. The van der Waals surface area contributed by atoms with Gasteiger partial charge in [-0.3, -0.25) is 9.88 Å². The van der Waals surface area contributed by atoms with Crippen LogP contribution in [0.4, 0.5) is 27.6 Å². The highest BCUT2D eigenvalue weighted by molar-refractivity contribution is 5.91. The molecule has 1 aliphatic heterocycles. The zero-order valence-electron chi connectivity index (χ0n) is 13.4. The molecule has 3 rings (SSSR count). The predicted molar refractivity (Wildman–Crippen MR) is 85.4 cm³/mol. The Morgan fingerprint density at radius 3 is 2.56 bits per heavy atom. The minimum absolute atomic E-state index is 0.0893. The van der Waals surface area contributed by atoms with E-state index in [0.29, 0.717) is 43.5 Å². The Morgan fingerprint density at radius 1 is 1.16 bits per heavy atom. The van der Waals surface area contributed by atoms with Crippen LogP contribution in [0.3, 0.4) is 0 Å². The summed E-state index contributed by atoms with van der Waals surface area (Å²) in [6.45, 7) is 0.455. The average molecular weight is 359 g/mol. The van der Waals surface area contributed by atoms with E-state index in [4.69, 9.17) is 0 Å². The molecule has 0 amide bonds. The summed E-state index contributed by atoms with van der Waals surface area (Å²) in [5.41, 5.74) is 0.660. The molecule has 1 fully saturated rings. The number of hydrogen-bond acceptors (Lipinski definition) is 3. The van der Waals surface area contributed by atoms with Crippen LogP contribution in [0.2, 0.25) is 0 Å². The fourth-order valence-electron chi connectivity index (χ4n) is 3.19. The highest BCUT2D eigenvalue weighted by Gasteiger charge is 2.32. The molecule has 0 saturated carbocycles. The SMILES string of the molecule is Fc1cc(F)c2nccc(NCC3CCN(CC(F)(F)F)CC3)c2c1. The Bertz CT molecular complexity index is 739. The zero-order valence-corrected chi connectivity index (χ0v) is 13.4. The molecular weight excluding hydrogens is 341 g/mol. The Morgan fingerprint density at radius 2 is 1.88 bits per heavy atom. The van der Waals surface area contributed by atoms with Gasteiger partial charge in [0.15, 0.2) is 5.82 Å². The summed E-state index contributed by atoms with van der Waals surface area (Å²) in [7, 11) is 0. The minimum Gasteiger partial charge on any atom is -0.384 e. The van der Waals surface area contributed by atoms with Crippen molar-refractivity contribution in [2.24, 2.45) is 5.92 Å². The van der Waals surface area contributed by atoms with Crippen molar-refractivity contribution in [1.82, 2.24) is 9.88 Å². The smallest absolute Gasteiger partial charge is 0.384 e. The molecule has 0 unspecified atom stereocenters. The van der Waals surface area contributed by atoms with E-state index in [1.54, 1.807) is 6.07 Å². The molecule has 136 valence electrons. The van der Waals surface area contributed by atoms with Gasteiger partial charge in [-0.05, 0) is 44.0 Å². The fourth-order valence-corrected chi connectivity index (χ4v) is 3.19. The minimum atomic E-state index is -4.17. The van der Waals surface area contributed by atoms with Crippen LogP contribution < -0.4 is 5.32 Å². The van der Waals surface area contributed by atoms with E-state index in [1.165, 1.54) is 17.2 Å². The molecule has 1 saturated heterocycles. The molecule has 0 radical (unpaired) electrons. The van der Waals surface area contributed by atoms with Crippen molar-refractivity contribution in [2.75, 3.05) is 31.5 Å². The second-order valence-corrected chi connectivity index (χ2v) is 6.36. The van der Waals surface area contributed by atoms with Gasteiger partial charge in [-0.2, -0.15) is 13.2 Å². The second kappa shape index (κ2) is 7.11. The topological polar surface area (TPSA) is 28.2 Å². The van der Waals surface area contributed by atoms with Crippen molar-refractivity contribution in [2.45, 2.75) is 19.0 Å². The van der Waals surface area contributed by atoms with Gasteiger partial charge in [0.05, 0.1) is 6.54 Å². The maximum atomic E-state index is 13.8. The van der Waals surface area contributed by atoms with Gasteiger partial charge in [0.1, 0.15) is 11.3 Å². The highest BCUT2D eigenvalue weighted by atomic mass is 19.4. The van der Waals surface area contributed by atoms with Crippen LogP contribution >= 0.6 is 0 Å². The lowest BCUT2D eigenvalue weighted by atomic mass is 9.96. The Balaban J connectivity index is 1.61. The monoisotopic (exact) mass is 359 g/mol. The molecule has 0 aliphatic carbocycles. The van der Waals surface area contributed by atoms with Gasteiger partial charge in [0.25, 0.3) is 0 Å². The number of nitrogens with zero attached hydrogens (tertiary/aromatic N) is 2. The Hall–Kier alpha value is -1.96. The number of aromatic nitrogens is 1. The van der Waals surface area contributed by atoms with Gasteiger partial charge < -0.3 is 5.32 Å². The lowest BCUT2D eigenvalue weighted by Gasteiger charge is -2.32. The molecule has 1 aromatic carbocycles.